The highest BCUT2D eigenvalue weighted by Crippen LogP contribution is 2.33. The third-order valence-electron chi connectivity index (χ3n) is 2.41. The van der Waals surface area contributed by atoms with Crippen LogP contribution in [-0.2, 0) is 18.9 Å². The lowest BCUT2D eigenvalue weighted by molar-refractivity contribution is -0.507. The van der Waals surface area contributed by atoms with Gasteiger partial charge in [0.2, 0.25) is 0 Å². The maximum absolute atomic E-state index is 5.59. The average Bonchev–Trinajstić information content (AvgIpc) is 2.30. The van der Waals surface area contributed by atoms with E-state index in [2.05, 4.69) is 0 Å². The topological polar surface area (TPSA) is 36.9 Å². The van der Waals surface area contributed by atoms with Crippen molar-refractivity contribution >= 4 is 0 Å². The third-order valence-corrected chi connectivity index (χ3v) is 2.41. The van der Waals surface area contributed by atoms with Crippen LogP contribution in [0.1, 0.15) is 20.3 Å². The van der Waals surface area contributed by atoms with Crippen LogP contribution in [0.5, 0.6) is 0 Å². The molecular formula is C11H16O4. The minimum Gasteiger partial charge on any atom is -0.416 e. The first kappa shape index (κ1) is 10.7. The Balaban J connectivity index is 2.13. The van der Waals surface area contributed by atoms with Gasteiger partial charge in [0.05, 0.1) is 19.8 Å². The molecule has 1 spiro atoms. The molecule has 0 unspecified atom stereocenters. The van der Waals surface area contributed by atoms with Gasteiger partial charge in [-0.1, -0.05) is 6.08 Å². The van der Waals surface area contributed by atoms with Gasteiger partial charge in [-0.25, -0.2) is 0 Å². The van der Waals surface area contributed by atoms with Crippen LogP contribution in [0.2, 0.25) is 0 Å². The smallest absolute Gasteiger partial charge is 0.416 e. The Morgan fingerprint density at radius 3 is 2.40 bits per heavy atom. The average molecular weight is 212 g/mol. The molecule has 2 aliphatic rings. The molecule has 4 nitrogen and oxygen atoms in total. The summed E-state index contributed by atoms with van der Waals surface area (Å²) in [5.74, 6) is 0.769. The van der Waals surface area contributed by atoms with E-state index in [-0.39, 0.29) is 0 Å². The van der Waals surface area contributed by atoms with E-state index >= 15 is 0 Å². The zero-order chi connectivity index (χ0) is 10.7. The van der Waals surface area contributed by atoms with Crippen molar-refractivity contribution in [3.05, 3.63) is 23.5 Å². The number of allylic oxidation sites excluding steroid dienone is 2. The van der Waals surface area contributed by atoms with Gasteiger partial charge in [-0.3, -0.25) is 14.2 Å². The van der Waals surface area contributed by atoms with Crippen molar-refractivity contribution in [2.45, 2.75) is 26.4 Å². The summed E-state index contributed by atoms with van der Waals surface area (Å²) in [5.41, 5.74) is 1.01. The van der Waals surface area contributed by atoms with Crippen molar-refractivity contribution in [1.29, 1.82) is 0 Å². The van der Waals surface area contributed by atoms with Gasteiger partial charge < -0.3 is 4.74 Å². The summed E-state index contributed by atoms with van der Waals surface area (Å²) in [6, 6.07) is 0. The first-order chi connectivity index (χ1) is 7.29. The van der Waals surface area contributed by atoms with Crippen LogP contribution < -0.4 is 0 Å². The second-order valence-corrected chi connectivity index (χ2v) is 3.41. The minimum absolute atomic E-state index is 0.455. The minimum atomic E-state index is -1.30. The number of ether oxygens (including phenoxy) is 4. The van der Waals surface area contributed by atoms with Crippen LogP contribution in [0.3, 0.4) is 0 Å². The molecule has 2 saturated heterocycles. The first-order valence-corrected chi connectivity index (χ1v) is 5.22. The monoisotopic (exact) mass is 212 g/mol. The van der Waals surface area contributed by atoms with E-state index < -0.39 is 6.16 Å². The van der Waals surface area contributed by atoms with Crippen molar-refractivity contribution in [1.82, 2.24) is 0 Å². The van der Waals surface area contributed by atoms with Crippen LogP contribution in [0.4, 0.5) is 0 Å². The Morgan fingerprint density at radius 2 is 1.80 bits per heavy atom. The lowest BCUT2D eigenvalue weighted by Gasteiger charge is -2.39. The molecule has 2 rings (SSSR count). The summed E-state index contributed by atoms with van der Waals surface area (Å²) in [7, 11) is 0. The summed E-state index contributed by atoms with van der Waals surface area (Å²) in [6.07, 6.45) is 3.43. The summed E-state index contributed by atoms with van der Waals surface area (Å²) in [5, 5.41) is 0. The van der Waals surface area contributed by atoms with Crippen LogP contribution >= 0.6 is 0 Å². The van der Waals surface area contributed by atoms with Gasteiger partial charge in [0.15, 0.2) is 0 Å². The molecule has 0 radical (unpaired) electrons. The second kappa shape index (κ2) is 4.35. The normalized spacial score (nSPS) is 30.8. The van der Waals surface area contributed by atoms with E-state index in [0.29, 0.717) is 19.8 Å². The maximum Gasteiger partial charge on any atom is 0.461 e. The van der Waals surface area contributed by atoms with Crippen molar-refractivity contribution < 1.29 is 18.9 Å². The Labute approximate surface area is 89.5 Å². The number of hydrogen-bond donors (Lipinski definition) is 0. The van der Waals surface area contributed by atoms with Gasteiger partial charge in [0.1, 0.15) is 5.76 Å². The lowest BCUT2D eigenvalue weighted by atomic mass is 10.2. The van der Waals surface area contributed by atoms with E-state index in [4.69, 9.17) is 18.9 Å². The van der Waals surface area contributed by atoms with Gasteiger partial charge in [0.25, 0.3) is 0 Å². The molecule has 0 bridgehead atoms. The van der Waals surface area contributed by atoms with E-state index in [1.165, 1.54) is 0 Å². The molecule has 0 aromatic heterocycles. The molecule has 15 heavy (non-hydrogen) atoms. The van der Waals surface area contributed by atoms with Gasteiger partial charge in [-0.2, -0.15) is 0 Å². The SMILES string of the molecule is C/C=C1/COC2(OCCCO2)O/C1=C\C. The van der Waals surface area contributed by atoms with Crippen LogP contribution in [0.15, 0.2) is 23.5 Å². The molecule has 2 aliphatic heterocycles. The van der Waals surface area contributed by atoms with E-state index in [1.54, 1.807) is 0 Å². The Kier molecular flexibility index (Phi) is 3.09. The highest BCUT2D eigenvalue weighted by Gasteiger charge is 2.44. The van der Waals surface area contributed by atoms with E-state index in [9.17, 15) is 0 Å². The zero-order valence-electron chi connectivity index (χ0n) is 9.12. The van der Waals surface area contributed by atoms with Crippen molar-refractivity contribution in [3.63, 3.8) is 0 Å². The quantitative estimate of drug-likeness (QED) is 0.615. The molecule has 0 saturated carbocycles. The molecule has 0 aromatic rings. The highest BCUT2D eigenvalue weighted by atomic mass is 17.0. The fourth-order valence-corrected chi connectivity index (χ4v) is 1.57. The Bertz CT molecular complexity index is 287. The first-order valence-electron chi connectivity index (χ1n) is 5.22. The van der Waals surface area contributed by atoms with Crippen LogP contribution in [0.25, 0.3) is 0 Å². The molecule has 0 aliphatic carbocycles. The van der Waals surface area contributed by atoms with E-state index in [1.807, 2.05) is 26.0 Å². The van der Waals surface area contributed by atoms with E-state index in [0.717, 1.165) is 17.8 Å². The number of rotatable bonds is 0. The standard InChI is InChI=1S/C11H16O4/c1-3-9-8-14-11(15-10(9)4-2)12-6-5-7-13-11/h3-4H,5-8H2,1-2H3/b9-3-,10-4-. The predicted molar refractivity (Wildman–Crippen MR) is 53.8 cm³/mol. The third kappa shape index (κ3) is 2.07. The molecule has 4 heteroatoms. The zero-order valence-corrected chi connectivity index (χ0v) is 9.12. The van der Waals surface area contributed by atoms with Gasteiger partial charge in [0, 0.05) is 5.57 Å². The molecule has 2 heterocycles. The maximum atomic E-state index is 5.59. The predicted octanol–water partition coefficient (Wildman–Crippen LogP) is 1.93. The van der Waals surface area contributed by atoms with Crippen LogP contribution in [0, 0.1) is 0 Å². The molecule has 0 aromatic carbocycles. The van der Waals surface area contributed by atoms with Crippen molar-refractivity contribution in [2.75, 3.05) is 19.8 Å². The summed E-state index contributed by atoms with van der Waals surface area (Å²) in [4.78, 5) is 0. The van der Waals surface area contributed by atoms with Crippen molar-refractivity contribution in [3.8, 4) is 0 Å². The summed E-state index contributed by atoms with van der Waals surface area (Å²) in [6.45, 7) is 5.52. The molecule has 0 N–H and O–H groups in total. The summed E-state index contributed by atoms with van der Waals surface area (Å²) >= 11 is 0. The van der Waals surface area contributed by atoms with Crippen molar-refractivity contribution in [2.24, 2.45) is 0 Å². The Hall–Kier alpha value is -0.840. The highest BCUT2D eigenvalue weighted by molar-refractivity contribution is 5.26. The van der Waals surface area contributed by atoms with Gasteiger partial charge >= 0.3 is 6.16 Å². The number of hydrogen-bond acceptors (Lipinski definition) is 4. The molecule has 84 valence electrons. The molecular weight excluding hydrogens is 196 g/mol. The fourth-order valence-electron chi connectivity index (χ4n) is 1.57. The largest absolute Gasteiger partial charge is 0.461 e. The molecule has 2 fully saturated rings. The molecule has 0 amide bonds. The summed E-state index contributed by atoms with van der Waals surface area (Å²) < 4.78 is 21.9. The second-order valence-electron chi connectivity index (χ2n) is 3.41. The van der Waals surface area contributed by atoms with Gasteiger partial charge in [-0.15, -0.1) is 0 Å². The molecule has 0 atom stereocenters. The lowest BCUT2D eigenvalue weighted by Crippen LogP contribution is -2.48. The fraction of sp³-hybridized carbons (Fsp3) is 0.636. The van der Waals surface area contributed by atoms with Crippen LogP contribution in [-0.4, -0.2) is 26.0 Å². The Morgan fingerprint density at radius 1 is 1.07 bits per heavy atom. The van der Waals surface area contributed by atoms with Gasteiger partial charge in [-0.05, 0) is 26.3 Å².